The lowest BCUT2D eigenvalue weighted by molar-refractivity contribution is -0.122. The Morgan fingerprint density at radius 2 is 1.68 bits per heavy atom. The van der Waals surface area contributed by atoms with Gasteiger partial charge in [-0.15, -0.1) is 0 Å². The highest BCUT2D eigenvalue weighted by molar-refractivity contribution is 8.18. The van der Waals surface area contributed by atoms with Gasteiger partial charge in [0.05, 0.1) is 22.7 Å². The molecule has 1 amide bonds. The van der Waals surface area contributed by atoms with E-state index in [1.165, 1.54) is 23.9 Å². The topological polar surface area (TPSA) is 70.0 Å². The number of rotatable bonds is 5. The Labute approximate surface area is 188 Å². The van der Waals surface area contributed by atoms with E-state index in [0.717, 1.165) is 16.8 Å². The van der Waals surface area contributed by atoms with E-state index in [4.69, 9.17) is 16.7 Å². The molecule has 7 heteroatoms. The maximum Gasteiger partial charge on any atom is 0.335 e. The smallest absolute Gasteiger partial charge is 0.335 e. The summed E-state index contributed by atoms with van der Waals surface area (Å²) >= 11 is 7.55. The summed E-state index contributed by atoms with van der Waals surface area (Å²) < 4.78 is 0. The molecule has 0 aliphatic carbocycles. The summed E-state index contributed by atoms with van der Waals surface area (Å²) in [5.74, 6) is -1.17. The van der Waals surface area contributed by atoms with Crippen LogP contribution < -0.4 is 0 Å². The molecular formula is C24H17ClN2O3S. The molecule has 5 nitrogen and oxygen atoms in total. The van der Waals surface area contributed by atoms with Crippen molar-refractivity contribution >= 4 is 52.2 Å². The molecule has 3 aromatic rings. The van der Waals surface area contributed by atoms with Crippen LogP contribution in [-0.2, 0) is 11.3 Å². The van der Waals surface area contributed by atoms with E-state index in [1.54, 1.807) is 29.2 Å². The van der Waals surface area contributed by atoms with E-state index in [1.807, 2.05) is 48.5 Å². The number of carboxylic acid groups (broad SMARTS) is 1. The van der Waals surface area contributed by atoms with E-state index in [2.05, 4.69) is 4.99 Å². The lowest BCUT2D eigenvalue weighted by Gasteiger charge is -2.16. The Morgan fingerprint density at radius 3 is 2.35 bits per heavy atom. The van der Waals surface area contributed by atoms with Crippen LogP contribution in [-0.4, -0.2) is 27.1 Å². The van der Waals surface area contributed by atoms with Crippen molar-refractivity contribution in [2.24, 2.45) is 4.99 Å². The Bertz CT molecular complexity index is 1190. The summed E-state index contributed by atoms with van der Waals surface area (Å²) in [5, 5.41) is 10.2. The van der Waals surface area contributed by atoms with Gasteiger partial charge in [-0.25, -0.2) is 9.79 Å². The molecule has 1 aliphatic rings. The first kappa shape index (κ1) is 20.9. The van der Waals surface area contributed by atoms with Crippen molar-refractivity contribution in [1.82, 2.24) is 4.90 Å². The average Bonchev–Trinajstić information content (AvgIpc) is 3.05. The summed E-state index contributed by atoms with van der Waals surface area (Å²) in [6.45, 7) is 0.275. The summed E-state index contributed by atoms with van der Waals surface area (Å²) in [6.07, 6.45) is 1.77. The second-order valence-electron chi connectivity index (χ2n) is 6.76. The third-order valence-corrected chi connectivity index (χ3v) is 5.95. The standard InChI is InChI=1S/C24H17ClN2O3S/c25-20-9-5-4-6-18(20)14-21-22(28)27(15-16-10-12-17(13-11-16)23(29)30)24(31-21)26-19-7-2-1-3-8-19/h1-14H,15H2,(H,29,30)/b21-14-,26-24?. The molecule has 3 aromatic carbocycles. The normalized spacial score (nSPS) is 16.3. The van der Waals surface area contributed by atoms with Gasteiger partial charge in [0.1, 0.15) is 0 Å². The first-order valence-corrected chi connectivity index (χ1v) is 10.6. The van der Waals surface area contributed by atoms with Crippen molar-refractivity contribution in [3.05, 3.63) is 105 Å². The van der Waals surface area contributed by atoms with Gasteiger partial charge in [0.2, 0.25) is 0 Å². The molecule has 0 atom stereocenters. The number of aromatic carboxylic acids is 1. The van der Waals surface area contributed by atoms with Gasteiger partial charge in [0.25, 0.3) is 5.91 Å². The number of hydrogen-bond donors (Lipinski definition) is 1. The van der Waals surface area contributed by atoms with E-state index in [0.29, 0.717) is 15.1 Å². The largest absolute Gasteiger partial charge is 0.478 e. The van der Waals surface area contributed by atoms with Crippen molar-refractivity contribution in [3.63, 3.8) is 0 Å². The molecule has 1 aliphatic heterocycles. The summed E-state index contributed by atoms with van der Waals surface area (Å²) in [7, 11) is 0. The number of halogens is 1. The predicted molar refractivity (Wildman–Crippen MR) is 125 cm³/mol. The molecule has 0 unspecified atom stereocenters. The number of carboxylic acids is 1. The molecule has 4 rings (SSSR count). The van der Waals surface area contributed by atoms with Gasteiger partial charge in [-0.3, -0.25) is 9.69 Å². The number of carbonyl (C=O) groups is 2. The van der Waals surface area contributed by atoms with Crippen LogP contribution in [0.15, 0.2) is 88.8 Å². The van der Waals surface area contributed by atoms with Gasteiger partial charge in [-0.1, -0.05) is 60.1 Å². The van der Waals surface area contributed by atoms with Crippen LogP contribution in [0.3, 0.4) is 0 Å². The second-order valence-corrected chi connectivity index (χ2v) is 8.17. The van der Waals surface area contributed by atoms with Crippen molar-refractivity contribution < 1.29 is 14.7 Å². The van der Waals surface area contributed by atoms with Crippen LogP contribution in [0.25, 0.3) is 6.08 Å². The SMILES string of the molecule is O=C(O)c1ccc(CN2C(=O)/C(=C/c3ccccc3Cl)SC2=Nc2ccccc2)cc1. The van der Waals surface area contributed by atoms with Gasteiger partial charge >= 0.3 is 5.97 Å². The highest BCUT2D eigenvalue weighted by Gasteiger charge is 2.33. The second kappa shape index (κ2) is 9.20. The van der Waals surface area contributed by atoms with Crippen LogP contribution in [0, 0.1) is 0 Å². The van der Waals surface area contributed by atoms with Gasteiger partial charge in [-0.05, 0) is 59.3 Å². The molecule has 1 fully saturated rings. The summed E-state index contributed by atoms with van der Waals surface area (Å²) in [6, 6.07) is 23.2. The Kier molecular flexibility index (Phi) is 6.21. The predicted octanol–water partition coefficient (Wildman–Crippen LogP) is 5.84. The molecule has 0 spiro atoms. The zero-order valence-electron chi connectivity index (χ0n) is 16.2. The zero-order chi connectivity index (χ0) is 21.8. The fourth-order valence-corrected chi connectivity index (χ4v) is 4.19. The molecule has 1 saturated heterocycles. The first-order valence-electron chi connectivity index (χ1n) is 9.43. The molecule has 0 radical (unpaired) electrons. The van der Waals surface area contributed by atoms with Gasteiger partial charge in [0, 0.05) is 5.02 Å². The number of hydrogen-bond acceptors (Lipinski definition) is 4. The van der Waals surface area contributed by atoms with Crippen molar-refractivity contribution in [1.29, 1.82) is 0 Å². The number of benzene rings is 3. The minimum Gasteiger partial charge on any atom is -0.478 e. The van der Waals surface area contributed by atoms with Crippen LogP contribution in [0.2, 0.25) is 5.02 Å². The molecule has 1 N–H and O–H groups in total. The third-order valence-electron chi connectivity index (χ3n) is 4.60. The number of nitrogens with zero attached hydrogens (tertiary/aromatic N) is 2. The van der Waals surface area contributed by atoms with Gasteiger partial charge in [-0.2, -0.15) is 0 Å². The summed E-state index contributed by atoms with van der Waals surface area (Å²) in [5.41, 5.74) is 2.50. The monoisotopic (exact) mass is 448 g/mol. The Morgan fingerprint density at radius 1 is 1.00 bits per heavy atom. The number of aliphatic imine (C=N–C) groups is 1. The quantitative estimate of drug-likeness (QED) is 0.497. The number of thioether (sulfide) groups is 1. The highest BCUT2D eigenvalue weighted by Crippen LogP contribution is 2.36. The van der Waals surface area contributed by atoms with Gasteiger partial charge < -0.3 is 5.11 Å². The highest BCUT2D eigenvalue weighted by atomic mass is 35.5. The van der Waals surface area contributed by atoms with Crippen LogP contribution in [0.4, 0.5) is 5.69 Å². The molecule has 0 saturated carbocycles. The van der Waals surface area contributed by atoms with Crippen molar-refractivity contribution in [3.8, 4) is 0 Å². The number of amides is 1. The van der Waals surface area contributed by atoms with Gasteiger partial charge in [0.15, 0.2) is 5.17 Å². The number of carbonyl (C=O) groups excluding carboxylic acids is 1. The molecule has 0 bridgehead atoms. The summed E-state index contributed by atoms with van der Waals surface area (Å²) in [4.78, 5) is 31.1. The van der Waals surface area contributed by atoms with Crippen LogP contribution in [0.1, 0.15) is 21.5 Å². The molecule has 154 valence electrons. The molecule has 1 heterocycles. The Balaban J connectivity index is 1.69. The van der Waals surface area contributed by atoms with Crippen LogP contribution in [0.5, 0.6) is 0 Å². The zero-order valence-corrected chi connectivity index (χ0v) is 17.8. The van der Waals surface area contributed by atoms with E-state index in [9.17, 15) is 9.59 Å². The lowest BCUT2D eigenvalue weighted by Crippen LogP contribution is -2.28. The van der Waals surface area contributed by atoms with E-state index >= 15 is 0 Å². The maximum atomic E-state index is 13.2. The lowest BCUT2D eigenvalue weighted by atomic mass is 10.1. The van der Waals surface area contributed by atoms with E-state index in [-0.39, 0.29) is 18.0 Å². The van der Waals surface area contributed by atoms with Crippen LogP contribution >= 0.6 is 23.4 Å². The third kappa shape index (κ3) is 4.87. The molecule has 0 aromatic heterocycles. The van der Waals surface area contributed by atoms with Crippen molar-refractivity contribution in [2.45, 2.75) is 6.54 Å². The number of para-hydroxylation sites is 1. The molecule has 31 heavy (non-hydrogen) atoms. The molecular weight excluding hydrogens is 432 g/mol. The fraction of sp³-hybridized carbons (Fsp3) is 0.0417. The minimum atomic E-state index is -0.990. The van der Waals surface area contributed by atoms with E-state index < -0.39 is 5.97 Å². The fourth-order valence-electron chi connectivity index (χ4n) is 3.01. The van der Waals surface area contributed by atoms with Crippen molar-refractivity contribution in [2.75, 3.05) is 0 Å². The maximum absolute atomic E-state index is 13.2. The average molecular weight is 449 g/mol. The Hall–Kier alpha value is -3.35. The first-order chi connectivity index (χ1) is 15.0. The number of amidine groups is 1. The minimum absolute atomic E-state index is 0.179.